The molecular formula is C23H14Cl2N4O5. The van der Waals surface area contributed by atoms with Crippen molar-refractivity contribution in [2.24, 2.45) is 10.1 Å². The Kier molecular flexibility index (Phi) is 6.45. The third-order valence-electron chi connectivity index (χ3n) is 4.96. The zero-order valence-corrected chi connectivity index (χ0v) is 18.8. The number of carbonyl (C=O) groups is 3. The summed E-state index contributed by atoms with van der Waals surface area (Å²) in [4.78, 5) is 40.3. The molecule has 2 aliphatic heterocycles. The number of nitrogens with zero attached hydrogens (tertiary/aromatic N) is 4. The topological polar surface area (TPSA) is 132 Å². The molecule has 1 N–H and O–H groups in total. The van der Waals surface area contributed by atoms with E-state index >= 15 is 0 Å². The van der Waals surface area contributed by atoms with Crippen LogP contribution in [0.2, 0.25) is 10.0 Å². The lowest BCUT2D eigenvalue weighted by molar-refractivity contribution is -0.124. The largest absolute Gasteiger partial charge is 0.508 e. The fourth-order valence-electron chi connectivity index (χ4n) is 3.27. The van der Waals surface area contributed by atoms with Crippen LogP contribution in [0.5, 0.6) is 11.5 Å². The van der Waals surface area contributed by atoms with Crippen molar-refractivity contribution in [3.8, 4) is 17.6 Å². The van der Waals surface area contributed by atoms with E-state index < -0.39 is 23.8 Å². The molecule has 0 bridgehead atoms. The number of amides is 1. The van der Waals surface area contributed by atoms with Gasteiger partial charge in [0.2, 0.25) is 17.4 Å². The van der Waals surface area contributed by atoms with Crippen LogP contribution in [-0.4, -0.2) is 40.7 Å². The number of ketones is 2. The second-order valence-corrected chi connectivity index (χ2v) is 8.07. The maximum Gasteiger partial charge on any atom is 0.255 e. The van der Waals surface area contributed by atoms with Crippen LogP contribution in [0.25, 0.3) is 0 Å². The number of phenolic OH excluding ortho intramolecular Hbond substituents is 1. The first kappa shape index (κ1) is 23.2. The molecule has 2 aromatic rings. The Morgan fingerprint density at radius 1 is 1.12 bits per heavy atom. The Bertz CT molecular complexity index is 1350. The monoisotopic (exact) mass is 496 g/mol. The van der Waals surface area contributed by atoms with Crippen molar-refractivity contribution in [3.63, 3.8) is 0 Å². The summed E-state index contributed by atoms with van der Waals surface area (Å²) < 4.78 is 5.74. The number of aliphatic imine (C=N–C) groups is 1. The molecule has 0 atom stereocenters. The van der Waals surface area contributed by atoms with Gasteiger partial charge in [0.15, 0.2) is 11.5 Å². The van der Waals surface area contributed by atoms with Crippen LogP contribution in [0.4, 0.5) is 5.69 Å². The number of benzene rings is 2. The van der Waals surface area contributed by atoms with E-state index in [-0.39, 0.29) is 51.9 Å². The quantitative estimate of drug-likeness (QED) is 0.644. The number of hydrogen-bond donors (Lipinski definition) is 1. The molecule has 2 aliphatic rings. The first-order valence-electron chi connectivity index (χ1n) is 9.83. The Morgan fingerprint density at radius 2 is 1.82 bits per heavy atom. The number of para-hydroxylation sites is 1. The van der Waals surface area contributed by atoms with Crippen LogP contribution in [-0.2, 0) is 20.8 Å². The molecule has 4 rings (SSSR count). The highest BCUT2D eigenvalue weighted by Gasteiger charge is 2.30. The summed E-state index contributed by atoms with van der Waals surface area (Å²) in [5, 5.41) is 23.7. The van der Waals surface area contributed by atoms with E-state index in [0.29, 0.717) is 11.1 Å². The zero-order valence-electron chi connectivity index (χ0n) is 17.3. The third kappa shape index (κ3) is 4.69. The molecule has 0 spiro atoms. The first-order valence-corrected chi connectivity index (χ1v) is 10.6. The van der Waals surface area contributed by atoms with Crippen LogP contribution < -0.4 is 9.75 Å². The molecular weight excluding hydrogens is 483 g/mol. The summed E-state index contributed by atoms with van der Waals surface area (Å²) in [7, 11) is 0. The molecule has 34 heavy (non-hydrogen) atoms. The number of halogens is 2. The van der Waals surface area contributed by atoms with Crippen LogP contribution in [0, 0.1) is 11.3 Å². The minimum Gasteiger partial charge on any atom is -0.508 e. The number of phenols is 1. The molecule has 0 aliphatic carbocycles. The number of dihydropyridines is 1. The van der Waals surface area contributed by atoms with Crippen molar-refractivity contribution in [1.82, 2.24) is 0 Å². The molecule has 0 saturated carbocycles. The van der Waals surface area contributed by atoms with Gasteiger partial charge in [-0.2, -0.15) is 15.4 Å². The van der Waals surface area contributed by atoms with E-state index in [1.807, 2.05) is 0 Å². The van der Waals surface area contributed by atoms with Gasteiger partial charge in [-0.05, 0) is 23.8 Å². The number of aromatic hydroxyl groups is 1. The second-order valence-electron chi connectivity index (χ2n) is 7.26. The number of nitriles is 1. The summed E-state index contributed by atoms with van der Waals surface area (Å²) in [5.41, 5.74) is 0.697. The normalized spacial score (nSPS) is 16.0. The second kappa shape index (κ2) is 9.47. The van der Waals surface area contributed by atoms with Crippen molar-refractivity contribution in [3.05, 3.63) is 63.7 Å². The van der Waals surface area contributed by atoms with E-state index in [1.165, 1.54) is 24.3 Å². The van der Waals surface area contributed by atoms with Crippen molar-refractivity contribution in [2.75, 3.05) is 11.6 Å². The summed E-state index contributed by atoms with van der Waals surface area (Å²) in [5.74, 6) is -1.34. The number of hydrogen-bond acceptors (Lipinski definition) is 8. The molecule has 0 radical (unpaired) electrons. The van der Waals surface area contributed by atoms with Gasteiger partial charge in [-0.3, -0.25) is 14.4 Å². The van der Waals surface area contributed by atoms with Crippen LogP contribution >= 0.6 is 23.2 Å². The van der Waals surface area contributed by atoms with Gasteiger partial charge in [0.25, 0.3) is 5.91 Å². The molecule has 11 heteroatoms. The van der Waals surface area contributed by atoms with E-state index in [2.05, 4.69) is 10.1 Å². The molecule has 0 saturated heterocycles. The molecule has 0 fully saturated rings. The lowest BCUT2D eigenvalue weighted by Gasteiger charge is -2.22. The smallest absolute Gasteiger partial charge is 0.255 e. The molecule has 2 heterocycles. The summed E-state index contributed by atoms with van der Waals surface area (Å²) in [6.45, 7) is -0.149. The van der Waals surface area contributed by atoms with Crippen molar-refractivity contribution >= 4 is 58.0 Å². The van der Waals surface area contributed by atoms with Gasteiger partial charge in [0.1, 0.15) is 18.4 Å². The van der Waals surface area contributed by atoms with Crippen molar-refractivity contribution < 1.29 is 24.2 Å². The number of anilines is 1. The first-order chi connectivity index (χ1) is 16.3. The number of ether oxygens (including phenoxy) is 1. The third-order valence-corrected chi connectivity index (χ3v) is 5.52. The summed E-state index contributed by atoms with van der Waals surface area (Å²) in [6.07, 6.45) is 1.13. The highest BCUT2D eigenvalue weighted by atomic mass is 35.5. The fraction of sp³-hybridized carbons (Fsp3) is 0.130. The van der Waals surface area contributed by atoms with E-state index in [4.69, 9.17) is 33.2 Å². The fourth-order valence-corrected chi connectivity index (χ4v) is 3.82. The predicted octanol–water partition coefficient (Wildman–Crippen LogP) is 3.41. The van der Waals surface area contributed by atoms with E-state index in [1.54, 1.807) is 24.3 Å². The van der Waals surface area contributed by atoms with Crippen molar-refractivity contribution in [2.45, 2.75) is 12.8 Å². The predicted molar refractivity (Wildman–Crippen MR) is 124 cm³/mol. The van der Waals surface area contributed by atoms with Crippen LogP contribution in [0.3, 0.4) is 0 Å². The zero-order chi connectivity index (χ0) is 24.4. The Balaban J connectivity index is 1.59. The Labute approximate surface area is 203 Å². The summed E-state index contributed by atoms with van der Waals surface area (Å²) >= 11 is 12.7. The Hall–Kier alpha value is -4.00. The van der Waals surface area contributed by atoms with Crippen molar-refractivity contribution in [1.29, 1.82) is 5.26 Å². The maximum atomic E-state index is 12.3. The highest BCUT2D eigenvalue weighted by Crippen LogP contribution is 2.38. The van der Waals surface area contributed by atoms with Gasteiger partial charge in [-0.15, -0.1) is 0 Å². The number of Topliss-reactive ketones (excluding diaryl/α,β-unsaturated/α-hetero) is 2. The SMILES string of the molecule is N#CC1=NN(c2cc(Cl)c(OC3=NCC(=O)C(Cc4ccccc4O)=C3)c(Cl)c2)C(=O)CC1=O. The summed E-state index contributed by atoms with van der Waals surface area (Å²) in [6, 6.07) is 11.0. The average molecular weight is 497 g/mol. The van der Waals surface area contributed by atoms with Gasteiger partial charge in [-0.25, -0.2) is 4.99 Å². The molecule has 0 unspecified atom stereocenters. The Morgan fingerprint density at radius 3 is 2.50 bits per heavy atom. The molecule has 9 nitrogen and oxygen atoms in total. The molecule has 2 aromatic carbocycles. The minimum absolute atomic E-state index is 0.0103. The van der Waals surface area contributed by atoms with E-state index in [0.717, 1.165) is 5.01 Å². The van der Waals surface area contributed by atoms with Gasteiger partial charge in [-0.1, -0.05) is 41.4 Å². The molecule has 1 amide bonds. The van der Waals surface area contributed by atoms with Gasteiger partial charge >= 0.3 is 0 Å². The van der Waals surface area contributed by atoms with Gasteiger partial charge in [0, 0.05) is 18.1 Å². The maximum absolute atomic E-state index is 12.3. The van der Waals surface area contributed by atoms with Gasteiger partial charge in [0.05, 0.1) is 22.2 Å². The standard InChI is InChI=1S/C23H14Cl2N4O5/c24-15-7-14(29-22(33)9-19(31)17(10-26)28-29)8-16(25)23(15)34-21-6-13(20(32)11-27-21)5-12-3-1-2-4-18(12)30/h1-4,6-8,30H,5,9,11H2. The highest BCUT2D eigenvalue weighted by molar-refractivity contribution is 6.50. The molecule has 0 aromatic heterocycles. The van der Waals surface area contributed by atoms with E-state index in [9.17, 15) is 19.5 Å². The lowest BCUT2D eigenvalue weighted by atomic mass is 9.99. The number of hydrazone groups is 1. The van der Waals surface area contributed by atoms with Crippen LogP contribution in [0.1, 0.15) is 12.0 Å². The minimum atomic E-state index is -0.669. The lowest BCUT2D eigenvalue weighted by Crippen LogP contribution is -2.36. The van der Waals surface area contributed by atoms with Crippen LogP contribution in [0.15, 0.2) is 58.1 Å². The molecule has 170 valence electrons. The number of carbonyl (C=O) groups excluding carboxylic acids is 3. The number of rotatable bonds is 4. The van der Waals surface area contributed by atoms with Gasteiger partial charge < -0.3 is 9.84 Å². The average Bonchev–Trinajstić information content (AvgIpc) is 2.80.